The summed E-state index contributed by atoms with van der Waals surface area (Å²) in [5.74, 6) is 1.00. The number of hydrogen-bond acceptors (Lipinski definition) is 3. The lowest BCUT2D eigenvalue weighted by molar-refractivity contribution is 0.858. The van der Waals surface area contributed by atoms with Crippen molar-refractivity contribution in [3.63, 3.8) is 0 Å². The molecule has 0 unspecified atom stereocenters. The molecule has 1 heterocycles. The smallest absolute Gasteiger partial charge is 0.128 e. The van der Waals surface area contributed by atoms with Crippen molar-refractivity contribution in [1.29, 1.82) is 0 Å². The van der Waals surface area contributed by atoms with Gasteiger partial charge in [0, 0.05) is 29.2 Å². The zero-order chi connectivity index (χ0) is 13.7. The number of hydrogen-bond donors (Lipinski definition) is 0. The molecule has 0 radical (unpaired) electrons. The summed E-state index contributed by atoms with van der Waals surface area (Å²) in [6.07, 6.45) is 4.96. The second-order valence-electron chi connectivity index (χ2n) is 4.35. The molecule has 0 spiro atoms. The van der Waals surface area contributed by atoms with Gasteiger partial charge in [-0.25, -0.2) is 4.98 Å². The summed E-state index contributed by atoms with van der Waals surface area (Å²) in [7, 11) is 2.08. The molecule has 0 N–H and O–H groups in total. The lowest BCUT2D eigenvalue weighted by Crippen LogP contribution is -2.21. The fourth-order valence-electron chi connectivity index (χ4n) is 1.80. The number of rotatable bonds is 5. The van der Waals surface area contributed by atoms with Gasteiger partial charge in [-0.15, -0.1) is 11.8 Å². The first-order chi connectivity index (χ1) is 9.19. The van der Waals surface area contributed by atoms with E-state index in [-0.39, 0.29) is 0 Å². The number of anilines is 1. The largest absolute Gasteiger partial charge is 0.359 e. The van der Waals surface area contributed by atoms with Crippen molar-refractivity contribution in [2.45, 2.75) is 11.3 Å². The van der Waals surface area contributed by atoms with Gasteiger partial charge in [-0.05, 0) is 58.4 Å². The van der Waals surface area contributed by atoms with E-state index in [1.807, 2.05) is 18.3 Å². The van der Waals surface area contributed by atoms with Gasteiger partial charge in [-0.2, -0.15) is 0 Å². The summed E-state index contributed by atoms with van der Waals surface area (Å²) >= 11 is 5.18. The van der Waals surface area contributed by atoms with Gasteiger partial charge in [0.1, 0.15) is 5.82 Å². The van der Waals surface area contributed by atoms with Gasteiger partial charge in [0.2, 0.25) is 0 Å². The zero-order valence-electron chi connectivity index (χ0n) is 11.1. The van der Waals surface area contributed by atoms with Gasteiger partial charge in [0.05, 0.1) is 0 Å². The Labute approximate surface area is 127 Å². The molecule has 4 heteroatoms. The van der Waals surface area contributed by atoms with E-state index in [9.17, 15) is 0 Å². The predicted molar refractivity (Wildman–Crippen MR) is 87.1 cm³/mol. The van der Waals surface area contributed by atoms with Crippen LogP contribution >= 0.6 is 27.7 Å². The first kappa shape index (κ1) is 14.4. The first-order valence-electron chi connectivity index (χ1n) is 6.14. The summed E-state index contributed by atoms with van der Waals surface area (Å²) in [4.78, 5) is 7.88. The lowest BCUT2D eigenvalue weighted by atomic mass is 10.1. The van der Waals surface area contributed by atoms with Crippen LogP contribution < -0.4 is 4.90 Å². The van der Waals surface area contributed by atoms with Crippen molar-refractivity contribution in [2.24, 2.45) is 0 Å². The van der Waals surface area contributed by atoms with Crippen molar-refractivity contribution in [2.75, 3.05) is 24.7 Å². The van der Waals surface area contributed by atoms with Gasteiger partial charge >= 0.3 is 0 Å². The third-order valence-electron chi connectivity index (χ3n) is 3.00. The molecule has 2 aromatic rings. The Kier molecular flexibility index (Phi) is 5.28. The number of thioether (sulfide) groups is 1. The normalized spacial score (nSPS) is 10.5. The van der Waals surface area contributed by atoms with E-state index in [1.54, 1.807) is 11.8 Å². The maximum Gasteiger partial charge on any atom is 0.128 e. The highest BCUT2D eigenvalue weighted by Gasteiger charge is 2.02. The van der Waals surface area contributed by atoms with Crippen LogP contribution in [0.3, 0.4) is 0 Å². The van der Waals surface area contributed by atoms with E-state index in [0.29, 0.717) is 0 Å². The fourth-order valence-corrected chi connectivity index (χ4v) is 2.44. The Bertz CT molecular complexity index is 511. The maximum absolute atomic E-state index is 4.39. The number of halogens is 1. The van der Waals surface area contributed by atoms with Crippen LogP contribution in [0.15, 0.2) is 52.0 Å². The summed E-state index contributed by atoms with van der Waals surface area (Å²) < 4.78 is 1.01. The average Bonchev–Trinajstić information content (AvgIpc) is 2.46. The molecule has 0 saturated carbocycles. The zero-order valence-corrected chi connectivity index (χ0v) is 13.5. The van der Waals surface area contributed by atoms with Crippen LogP contribution in [0.4, 0.5) is 5.82 Å². The summed E-state index contributed by atoms with van der Waals surface area (Å²) in [5.41, 5.74) is 1.36. The highest BCUT2D eigenvalue weighted by molar-refractivity contribution is 9.10. The van der Waals surface area contributed by atoms with Crippen LogP contribution in [0.25, 0.3) is 0 Å². The second kappa shape index (κ2) is 6.96. The molecule has 1 aromatic heterocycles. The molecule has 2 rings (SSSR count). The Morgan fingerprint density at radius 1 is 1.16 bits per heavy atom. The Morgan fingerprint density at radius 3 is 2.47 bits per heavy atom. The molecule has 0 aliphatic rings. The standard InChI is InChI=1S/C15H17BrN2S/c1-18(15-8-5-13(16)11-17-15)10-9-12-3-6-14(19-2)7-4-12/h3-8,11H,9-10H2,1-2H3. The van der Waals surface area contributed by atoms with Crippen LogP contribution in [0, 0.1) is 0 Å². The first-order valence-corrected chi connectivity index (χ1v) is 8.16. The van der Waals surface area contributed by atoms with Gasteiger partial charge in [0.25, 0.3) is 0 Å². The molecule has 2 nitrogen and oxygen atoms in total. The number of nitrogens with zero attached hydrogens (tertiary/aromatic N) is 2. The van der Waals surface area contributed by atoms with Crippen LogP contribution in [-0.2, 0) is 6.42 Å². The fraction of sp³-hybridized carbons (Fsp3) is 0.267. The summed E-state index contributed by atoms with van der Waals surface area (Å²) in [5, 5.41) is 0. The van der Waals surface area contributed by atoms with E-state index < -0.39 is 0 Å². The number of benzene rings is 1. The predicted octanol–water partition coefficient (Wildman–Crippen LogP) is 4.24. The highest BCUT2D eigenvalue weighted by atomic mass is 79.9. The number of likely N-dealkylation sites (N-methyl/N-ethyl adjacent to an activating group) is 1. The quantitative estimate of drug-likeness (QED) is 0.759. The summed E-state index contributed by atoms with van der Waals surface area (Å²) in [6.45, 7) is 0.966. The van der Waals surface area contributed by atoms with E-state index in [4.69, 9.17) is 0 Å². The number of aromatic nitrogens is 1. The van der Waals surface area contributed by atoms with Crippen molar-refractivity contribution < 1.29 is 0 Å². The molecule has 1 aromatic carbocycles. The SMILES string of the molecule is CSc1ccc(CCN(C)c2ccc(Br)cn2)cc1. The van der Waals surface area contributed by atoms with Gasteiger partial charge in [-0.3, -0.25) is 0 Å². The minimum Gasteiger partial charge on any atom is -0.359 e. The van der Waals surface area contributed by atoms with Crippen molar-refractivity contribution in [3.8, 4) is 0 Å². The van der Waals surface area contributed by atoms with Crippen LogP contribution in [0.2, 0.25) is 0 Å². The van der Waals surface area contributed by atoms with E-state index in [2.05, 4.69) is 63.4 Å². The Hall–Kier alpha value is -1.00. The highest BCUT2D eigenvalue weighted by Crippen LogP contribution is 2.16. The van der Waals surface area contributed by atoms with Crippen LogP contribution in [-0.4, -0.2) is 24.8 Å². The minimum absolute atomic E-state index is 0.966. The van der Waals surface area contributed by atoms with Crippen molar-refractivity contribution >= 4 is 33.5 Å². The third kappa shape index (κ3) is 4.25. The molecule has 0 fully saturated rings. The molecule has 0 amide bonds. The van der Waals surface area contributed by atoms with Gasteiger partial charge in [-0.1, -0.05) is 12.1 Å². The van der Waals surface area contributed by atoms with Crippen LogP contribution in [0.1, 0.15) is 5.56 Å². The van der Waals surface area contributed by atoms with E-state index >= 15 is 0 Å². The van der Waals surface area contributed by atoms with Gasteiger partial charge < -0.3 is 4.90 Å². The molecule has 0 atom stereocenters. The molecular weight excluding hydrogens is 320 g/mol. The number of pyridine rings is 1. The lowest BCUT2D eigenvalue weighted by Gasteiger charge is -2.18. The Morgan fingerprint density at radius 2 is 1.89 bits per heavy atom. The topological polar surface area (TPSA) is 16.1 Å². The van der Waals surface area contributed by atoms with E-state index in [1.165, 1.54) is 10.5 Å². The molecule has 19 heavy (non-hydrogen) atoms. The molecule has 0 bridgehead atoms. The second-order valence-corrected chi connectivity index (χ2v) is 6.15. The third-order valence-corrected chi connectivity index (χ3v) is 4.21. The van der Waals surface area contributed by atoms with E-state index in [0.717, 1.165) is 23.3 Å². The molecular formula is C15H17BrN2S. The minimum atomic E-state index is 0.966. The monoisotopic (exact) mass is 336 g/mol. The summed E-state index contributed by atoms with van der Waals surface area (Å²) in [6, 6.07) is 12.8. The Balaban J connectivity index is 1.92. The molecule has 0 aliphatic heterocycles. The molecule has 0 aliphatic carbocycles. The molecule has 100 valence electrons. The van der Waals surface area contributed by atoms with Crippen molar-refractivity contribution in [1.82, 2.24) is 4.98 Å². The van der Waals surface area contributed by atoms with Crippen LogP contribution in [0.5, 0.6) is 0 Å². The van der Waals surface area contributed by atoms with Crippen molar-refractivity contribution in [3.05, 3.63) is 52.6 Å². The average molecular weight is 337 g/mol. The molecule has 0 saturated heterocycles. The maximum atomic E-state index is 4.39. The van der Waals surface area contributed by atoms with Gasteiger partial charge in [0.15, 0.2) is 0 Å².